The Bertz CT molecular complexity index is 503. The summed E-state index contributed by atoms with van der Waals surface area (Å²) >= 11 is 0. The molecule has 0 amide bonds. The van der Waals surface area contributed by atoms with Gasteiger partial charge in [-0.15, -0.1) is 0 Å². The van der Waals surface area contributed by atoms with Gasteiger partial charge in [-0.2, -0.15) is 0 Å². The van der Waals surface area contributed by atoms with Crippen LogP contribution >= 0.6 is 0 Å². The smallest absolute Gasteiger partial charge is 0.0726 e. The number of anilines is 1. The van der Waals surface area contributed by atoms with Crippen molar-refractivity contribution >= 4 is 16.6 Å². The number of hydrazine groups is 1. The molecule has 3 heteroatoms. The van der Waals surface area contributed by atoms with Crippen LogP contribution in [-0.2, 0) is 0 Å². The Balaban J connectivity index is 2.25. The number of nitrogens with zero attached hydrogens (tertiary/aromatic N) is 1. The molecule has 1 aromatic heterocycles. The highest BCUT2D eigenvalue weighted by Gasteiger charge is 2.25. The highest BCUT2D eigenvalue weighted by molar-refractivity contribution is 5.91. The maximum atomic E-state index is 5.53. The van der Waals surface area contributed by atoms with E-state index in [-0.39, 0.29) is 0 Å². The normalized spacial score (nSPS) is 15.5. The molecule has 1 aliphatic rings. The lowest BCUT2D eigenvalue weighted by Gasteiger charge is -2.07. The Kier molecular flexibility index (Phi) is 1.86. The lowest BCUT2D eigenvalue weighted by molar-refractivity contribution is 1.04. The topological polar surface area (TPSA) is 50.9 Å². The Labute approximate surface area is 88.3 Å². The molecule has 0 bridgehead atoms. The van der Waals surface area contributed by atoms with Gasteiger partial charge in [0.05, 0.1) is 11.2 Å². The number of rotatable bonds is 2. The average Bonchev–Trinajstić information content (AvgIpc) is 3.11. The van der Waals surface area contributed by atoms with Gasteiger partial charge in [0.25, 0.3) is 0 Å². The highest BCUT2D eigenvalue weighted by atomic mass is 15.2. The molecule has 0 spiro atoms. The maximum Gasteiger partial charge on any atom is 0.0726 e. The fraction of sp³-hybridized carbons (Fsp3) is 0.250. The zero-order valence-corrected chi connectivity index (χ0v) is 8.40. The van der Waals surface area contributed by atoms with E-state index in [1.54, 1.807) is 0 Å². The third-order valence-corrected chi connectivity index (χ3v) is 2.89. The van der Waals surface area contributed by atoms with Crippen LogP contribution < -0.4 is 11.3 Å². The first-order chi connectivity index (χ1) is 7.38. The van der Waals surface area contributed by atoms with Crippen LogP contribution in [0.1, 0.15) is 24.5 Å². The molecular weight excluding hydrogens is 186 g/mol. The second-order valence-electron chi connectivity index (χ2n) is 4.03. The zero-order valence-electron chi connectivity index (χ0n) is 8.40. The number of nitrogens with one attached hydrogen (secondary N) is 1. The first-order valence-electron chi connectivity index (χ1n) is 5.25. The summed E-state index contributed by atoms with van der Waals surface area (Å²) < 4.78 is 0. The minimum atomic E-state index is 0.654. The SMILES string of the molecule is NNc1cc(C2CC2)nc2ccccc12. The van der Waals surface area contributed by atoms with Crippen LogP contribution in [0.4, 0.5) is 5.69 Å². The number of pyridine rings is 1. The van der Waals surface area contributed by atoms with Gasteiger partial charge in [0.1, 0.15) is 0 Å². The van der Waals surface area contributed by atoms with Crippen LogP contribution in [0.25, 0.3) is 10.9 Å². The molecule has 2 aromatic rings. The predicted octanol–water partition coefficient (Wildman–Crippen LogP) is 2.40. The van der Waals surface area contributed by atoms with Crippen LogP contribution in [0.5, 0.6) is 0 Å². The lowest BCUT2D eigenvalue weighted by Crippen LogP contribution is -2.08. The molecule has 0 saturated heterocycles. The predicted molar refractivity (Wildman–Crippen MR) is 61.5 cm³/mol. The van der Waals surface area contributed by atoms with Gasteiger partial charge < -0.3 is 5.43 Å². The Morgan fingerprint density at radius 1 is 1.27 bits per heavy atom. The molecule has 3 N–H and O–H groups in total. The van der Waals surface area contributed by atoms with Gasteiger partial charge in [-0.25, -0.2) is 0 Å². The van der Waals surface area contributed by atoms with E-state index < -0.39 is 0 Å². The van der Waals surface area contributed by atoms with Gasteiger partial charge in [0, 0.05) is 17.0 Å². The van der Waals surface area contributed by atoms with E-state index in [0.29, 0.717) is 5.92 Å². The lowest BCUT2D eigenvalue weighted by atomic mass is 10.1. The molecule has 3 rings (SSSR count). The molecule has 1 heterocycles. The maximum absolute atomic E-state index is 5.53. The van der Waals surface area contributed by atoms with E-state index in [9.17, 15) is 0 Å². The summed E-state index contributed by atoms with van der Waals surface area (Å²) in [5, 5.41) is 1.09. The molecule has 0 aliphatic heterocycles. The summed E-state index contributed by atoms with van der Waals surface area (Å²) in [6.45, 7) is 0. The van der Waals surface area contributed by atoms with Crippen LogP contribution in [0.15, 0.2) is 30.3 Å². The Morgan fingerprint density at radius 3 is 2.80 bits per heavy atom. The third kappa shape index (κ3) is 1.45. The minimum absolute atomic E-state index is 0.654. The largest absolute Gasteiger partial charge is 0.323 e. The molecule has 0 atom stereocenters. The summed E-state index contributed by atoms with van der Waals surface area (Å²) in [4.78, 5) is 4.65. The third-order valence-electron chi connectivity index (χ3n) is 2.89. The molecule has 15 heavy (non-hydrogen) atoms. The van der Waals surface area contributed by atoms with Gasteiger partial charge >= 0.3 is 0 Å². The summed E-state index contributed by atoms with van der Waals surface area (Å²) in [5.41, 5.74) is 5.92. The molecule has 1 aliphatic carbocycles. The minimum Gasteiger partial charge on any atom is -0.323 e. The summed E-state index contributed by atoms with van der Waals surface area (Å²) in [5.74, 6) is 6.18. The first-order valence-corrected chi connectivity index (χ1v) is 5.25. The van der Waals surface area contributed by atoms with Crippen molar-refractivity contribution in [2.24, 2.45) is 5.84 Å². The van der Waals surface area contributed by atoms with E-state index in [1.807, 2.05) is 24.3 Å². The van der Waals surface area contributed by atoms with Crippen molar-refractivity contribution in [3.63, 3.8) is 0 Å². The van der Waals surface area contributed by atoms with Crippen molar-refractivity contribution < 1.29 is 0 Å². The fourth-order valence-electron chi connectivity index (χ4n) is 1.90. The van der Waals surface area contributed by atoms with Crippen LogP contribution in [0.3, 0.4) is 0 Å². The van der Waals surface area contributed by atoms with Gasteiger partial charge in [-0.05, 0) is 25.0 Å². The molecule has 0 unspecified atom stereocenters. The average molecular weight is 199 g/mol. The number of nitrogen functional groups attached to an aromatic ring is 1. The molecule has 76 valence electrons. The van der Waals surface area contributed by atoms with Crippen molar-refractivity contribution in [2.45, 2.75) is 18.8 Å². The number of para-hydroxylation sites is 1. The second-order valence-corrected chi connectivity index (χ2v) is 4.03. The second kappa shape index (κ2) is 3.21. The van der Waals surface area contributed by atoms with Crippen LogP contribution in [0, 0.1) is 0 Å². The van der Waals surface area contributed by atoms with E-state index in [2.05, 4.69) is 16.5 Å². The van der Waals surface area contributed by atoms with Crippen molar-refractivity contribution in [3.05, 3.63) is 36.0 Å². The number of fused-ring (bicyclic) bond motifs is 1. The number of benzene rings is 1. The summed E-state index contributed by atoms with van der Waals surface area (Å²) in [6.07, 6.45) is 2.52. The fourth-order valence-corrected chi connectivity index (χ4v) is 1.90. The van der Waals surface area contributed by atoms with Crippen LogP contribution in [0.2, 0.25) is 0 Å². The zero-order chi connectivity index (χ0) is 10.3. The number of hydrogen-bond acceptors (Lipinski definition) is 3. The number of aromatic nitrogens is 1. The van der Waals surface area contributed by atoms with E-state index >= 15 is 0 Å². The first kappa shape index (κ1) is 8.68. The van der Waals surface area contributed by atoms with E-state index in [4.69, 9.17) is 5.84 Å². The summed E-state index contributed by atoms with van der Waals surface area (Å²) in [7, 11) is 0. The summed E-state index contributed by atoms with van der Waals surface area (Å²) in [6, 6.07) is 10.1. The van der Waals surface area contributed by atoms with E-state index in [0.717, 1.165) is 16.6 Å². The van der Waals surface area contributed by atoms with Gasteiger partial charge in [0.2, 0.25) is 0 Å². The highest BCUT2D eigenvalue weighted by Crippen LogP contribution is 2.40. The molecule has 1 aromatic carbocycles. The van der Waals surface area contributed by atoms with Gasteiger partial charge in [0.15, 0.2) is 0 Å². The van der Waals surface area contributed by atoms with Crippen molar-refractivity contribution in [2.75, 3.05) is 5.43 Å². The van der Waals surface area contributed by atoms with Crippen molar-refractivity contribution in [3.8, 4) is 0 Å². The van der Waals surface area contributed by atoms with Crippen molar-refractivity contribution in [1.82, 2.24) is 4.98 Å². The standard InChI is InChI=1S/C12H13N3/c13-15-12-7-11(8-5-6-8)14-10-4-2-1-3-9(10)12/h1-4,7-8H,5-6,13H2,(H,14,15). The monoisotopic (exact) mass is 199 g/mol. The molecule has 3 nitrogen and oxygen atoms in total. The number of hydrogen-bond donors (Lipinski definition) is 2. The van der Waals surface area contributed by atoms with E-state index in [1.165, 1.54) is 18.5 Å². The molecule has 0 radical (unpaired) electrons. The molecular formula is C12H13N3. The molecule has 1 fully saturated rings. The van der Waals surface area contributed by atoms with Gasteiger partial charge in [-0.1, -0.05) is 18.2 Å². The van der Waals surface area contributed by atoms with Gasteiger partial charge in [-0.3, -0.25) is 10.8 Å². The quantitative estimate of drug-likeness (QED) is 0.576. The number of nitrogens with two attached hydrogens (primary N) is 1. The van der Waals surface area contributed by atoms with Crippen LogP contribution in [-0.4, -0.2) is 4.98 Å². The Hall–Kier alpha value is -1.61. The van der Waals surface area contributed by atoms with Crippen molar-refractivity contribution in [1.29, 1.82) is 0 Å². The molecule has 1 saturated carbocycles. The Morgan fingerprint density at radius 2 is 2.07 bits per heavy atom.